The maximum absolute atomic E-state index is 13.0. The van der Waals surface area contributed by atoms with E-state index in [1.165, 1.54) is 43.7 Å². The Hall–Kier alpha value is -4.14. The number of phenolic OH excluding ortho intramolecular Hbond substituents is 1. The third-order valence-electron chi connectivity index (χ3n) is 4.10. The summed E-state index contributed by atoms with van der Waals surface area (Å²) in [7, 11) is 1.32. The van der Waals surface area contributed by atoms with Crippen molar-refractivity contribution in [1.29, 1.82) is 0 Å². The lowest BCUT2D eigenvalue weighted by molar-refractivity contribution is -0.111. The zero-order valence-corrected chi connectivity index (χ0v) is 15.4. The van der Waals surface area contributed by atoms with Gasteiger partial charge < -0.3 is 19.4 Å². The molecule has 0 aliphatic rings. The molecule has 9 heteroatoms. The number of phenols is 1. The second-order valence-corrected chi connectivity index (χ2v) is 5.98. The van der Waals surface area contributed by atoms with E-state index in [1.54, 1.807) is 6.07 Å². The molecule has 0 spiro atoms. The summed E-state index contributed by atoms with van der Waals surface area (Å²) in [5.41, 5.74) is 2.60. The van der Waals surface area contributed by atoms with Crippen molar-refractivity contribution in [1.82, 2.24) is 0 Å². The molecule has 2 aromatic carbocycles. The minimum Gasteiger partial charge on any atom is -0.507 e. The third kappa shape index (κ3) is 3.79. The predicted molar refractivity (Wildman–Crippen MR) is 104 cm³/mol. The average molecular weight is 396 g/mol. The number of hydrogen-bond acceptors (Lipinski definition) is 8. The largest absolute Gasteiger partial charge is 0.507 e. The topological polar surface area (TPSA) is 138 Å². The summed E-state index contributed by atoms with van der Waals surface area (Å²) < 4.78 is 10.5. The first-order chi connectivity index (χ1) is 13.8. The van der Waals surface area contributed by atoms with Crippen molar-refractivity contribution in [2.24, 2.45) is 5.10 Å². The minimum absolute atomic E-state index is 0.0542. The molecular weight excluding hydrogens is 380 g/mol. The second kappa shape index (κ2) is 7.85. The summed E-state index contributed by atoms with van der Waals surface area (Å²) >= 11 is 0. The van der Waals surface area contributed by atoms with E-state index < -0.39 is 29.0 Å². The maximum Gasteiger partial charge on any atom is 0.335 e. The first kappa shape index (κ1) is 19.6. The van der Waals surface area contributed by atoms with Crippen molar-refractivity contribution >= 4 is 39.9 Å². The Bertz CT molecular complexity index is 1140. The fraction of sp³-hybridized carbons (Fsp3) is 0.100. The number of aromatic hydroxyl groups is 1. The van der Waals surface area contributed by atoms with Crippen LogP contribution in [-0.4, -0.2) is 40.6 Å². The summed E-state index contributed by atoms with van der Waals surface area (Å²) in [6.45, 7) is 1.16. The van der Waals surface area contributed by atoms with Crippen molar-refractivity contribution in [3.05, 3.63) is 53.8 Å². The van der Waals surface area contributed by atoms with Crippen LogP contribution in [0.2, 0.25) is 0 Å². The number of anilines is 1. The molecule has 0 aliphatic carbocycles. The minimum atomic E-state index is -1.09. The van der Waals surface area contributed by atoms with Gasteiger partial charge in [0.25, 0.3) is 0 Å². The lowest BCUT2D eigenvalue weighted by atomic mass is 10.0. The number of ether oxygens (including phenoxy) is 1. The number of carboxylic acid groups (broad SMARTS) is 1. The number of benzene rings is 2. The summed E-state index contributed by atoms with van der Waals surface area (Å²) in [6.07, 6.45) is 1.38. The van der Waals surface area contributed by atoms with Crippen LogP contribution in [0.4, 0.5) is 5.69 Å². The van der Waals surface area contributed by atoms with Crippen LogP contribution < -0.4 is 10.2 Å². The number of carbonyl (C=O) groups excluding carboxylic acids is 2. The summed E-state index contributed by atoms with van der Waals surface area (Å²) in [5.74, 6) is -2.94. The van der Waals surface area contributed by atoms with Crippen LogP contribution in [0.1, 0.15) is 27.6 Å². The van der Waals surface area contributed by atoms with Gasteiger partial charge >= 0.3 is 5.97 Å². The van der Waals surface area contributed by atoms with Gasteiger partial charge in [-0.05, 0) is 30.3 Å². The van der Waals surface area contributed by atoms with Crippen molar-refractivity contribution in [2.75, 3.05) is 12.5 Å². The second-order valence-electron chi connectivity index (χ2n) is 5.98. The molecule has 3 N–H and O–H groups in total. The molecule has 9 nitrogen and oxygen atoms in total. The number of hydrazone groups is 1. The zero-order chi connectivity index (χ0) is 21.1. The van der Waals surface area contributed by atoms with Crippen LogP contribution in [0.5, 0.6) is 11.5 Å². The number of carboxylic acids is 1. The normalized spacial score (nSPS) is 11.3. The van der Waals surface area contributed by atoms with Gasteiger partial charge in [0.05, 0.1) is 30.0 Å². The van der Waals surface area contributed by atoms with Gasteiger partial charge in [-0.15, -0.1) is 0 Å². The van der Waals surface area contributed by atoms with Gasteiger partial charge in [-0.1, -0.05) is 0 Å². The number of ketones is 2. The quantitative estimate of drug-likeness (QED) is 0.240. The Morgan fingerprint density at radius 3 is 2.41 bits per heavy atom. The molecule has 3 rings (SSSR count). The Kier molecular flexibility index (Phi) is 5.31. The van der Waals surface area contributed by atoms with E-state index in [9.17, 15) is 19.5 Å². The van der Waals surface area contributed by atoms with E-state index in [4.69, 9.17) is 14.3 Å². The summed E-state index contributed by atoms with van der Waals surface area (Å²) in [4.78, 5) is 35.9. The smallest absolute Gasteiger partial charge is 0.335 e. The highest BCUT2D eigenvalue weighted by molar-refractivity contribution is 6.69. The van der Waals surface area contributed by atoms with Crippen LogP contribution in [0.25, 0.3) is 11.0 Å². The highest BCUT2D eigenvalue weighted by Crippen LogP contribution is 2.37. The molecule has 0 fully saturated rings. The number of nitrogens with zero attached hydrogens (tertiary/aromatic N) is 1. The SMILES string of the molecule is COc1c(C(=O)C(=NNc2ccc(C(=O)O)cc2)C(C)=O)c(O)cc2occc12. The fourth-order valence-corrected chi connectivity index (χ4v) is 2.71. The molecule has 0 atom stereocenters. The molecule has 0 radical (unpaired) electrons. The standard InChI is InChI=1S/C20H16N2O7/c1-10(23)17(22-21-12-5-3-11(4-6-12)20(26)27)18(25)16-14(24)9-15-13(7-8-29-15)19(16)28-2/h3-9,21,24H,1-2H3,(H,26,27). The molecule has 0 bridgehead atoms. The van der Waals surface area contributed by atoms with E-state index in [0.29, 0.717) is 16.7 Å². The Morgan fingerprint density at radius 2 is 1.83 bits per heavy atom. The third-order valence-corrected chi connectivity index (χ3v) is 4.10. The Balaban J connectivity index is 1.99. The van der Waals surface area contributed by atoms with Crippen molar-refractivity contribution < 1.29 is 33.8 Å². The lowest BCUT2D eigenvalue weighted by Crippen LogP contribution is -2.24. The maximum atomic E-state index is 13.0. The van der Waals surface area contributed by atoms with Crippen LogP contribution in [0, 0.1) is 0 Å². The number of fused-ring (bicyclic) bond motifs is 1. The molecule has 0 saturated heterocycles. The molecule has 0 saturated carbocycles. The van der Waals surface area contributed by atoms with E-state index in [0.717, 1.165) is 6.92 Å². The van der Waals surface area contributed by atoms with Gasteiger partial charge in [-0.25, -0.2) is 4.79 Å². The lowest BCUT2D eigenvalue weighted by Gasteiger charge is -2.11. The number of rotatable bonds is 7. The molecule has 29 heavy (non-hydrogen) atoms. The molecule has 1 heterocycles. The molecule has 0 aliphatic heterocycles. The number of hydrogen-bond donors (Lipinski definition) is 3. The van der Waals surface area contributed by atoms with Gasteiger partial charge in [0.15, 0.2) is 11.5 Å². The molecule has 148 valence electrons. The van der Waals surface area contributed by atoms with Crippen LogP contribution in [-0.2, 0) is 4.79 Å². The number of nitrogens with one attached hydrogen (secondary N) is 1. The van der Waals surface area contributed by atoms with E-state index in [-0.39, 0.29) is 16.9 Å². The molecule has 0 unspecified atom stereocenters. The average Bonchev–Trinajstić information content (AvgIpc) is 3.14. The number of methoxy groups -OCH3 is 1. The number of furan rings is 1. The monoisotopic (exact) mass is 396 g/mol. The van der Waals surface area contributed by atoms with E-state index in [1.807, 2.05) is 0 Å². The van der Waals surface area contributed by atoms with Crippen molar-refractivity contribution in [2.45, 2.75) is 6.92 Å². The van der Waals surface area contributed by atoms with Gasteiger partial charge in [-0.3, -0.25) is 15.0 Å². The van der Waals surface area contributed by atoms with Crippen LogP contribution >= 0.6 is 0 Å². The Labute approximate surface area is 164 Å². The van der Waals surface area contributed by atoms with Gasteiger partial charge in [-0.2, -0.15) is 5.10 Å². The molecule has 0 amide bonds. The molecular formula is C20H16N2O7. The first-order valence-corrected chi connectivity index (χ1v) is 8.33. The van der Waals surface area contributed by atoms with Crippen molar-refractivity contribution in [3.8, 4) is 11.5 Å². The van der Waals surface area contributed by atoms with Crippen LogP contribution in [0.3, 0.4) is 0 Å². The predicted octanol–water partition coefficient (Wildman–Crippen LogP) is 3.09. The van der Waals surface area contributed by atoms with Gasteiger partial charge in [0.2, 0.25) is 5.78 Å². The van der Waals surface area contributed by atoms with Gasteiger partial charge in [0, 0.05) is 13.0 Å². The highest BCUT2D eigenvalue weighted by atomic mass is 16.5. The number of aromatic carboxylic acids is 1. The van der Waals surface area contributed by atoms with Gasteiger partial charge in [0.1, 0.15) is 22.6 Å². The molecule has 1 aromatic heterocycles. The summed E-state index contributed by atoms with van der Waals surface area (Å²) in [5, 5.41) is 23.5. The number of Topliss-reactive ketones (excluding diaryl/α,β-unsaturated/α-hetero) is 2. The summed E-state index contributed by atoms with van der Waals surface area (Å²) in [6, 6.07) is 8.38. The number of carbonyl (C=O) groups is 3. The van der Waals surface area contributed by atoms with Crippen LogP contribution in [0.15, 0.2) is 52.2 Å². The Morgan fingerprint density at radius 1 is 1.14 bits per heavy atom. The van der Waals surface area contributed by atoms with E-state index in [2.05, 4.69) is 10.5 Å². The van der Waals surface area contributed by atoms with E-state index >= 15 is 0 Å². The van der Waals surface area contributed by atoms with Crippen molar-refractivity contribution in [3.63, 3.8) is 0 Å². The first-order valence-electron chi connectivity index (χ1n) is 8.33. The highest BCUT2D eigenvalue weighted by Gasteiger charge is 2.28. The molecule has 3 aromatic rings. The fourth-order valence-electron chi connectivity index (χ4n) is 2.71. The zero-order valence-electron chi connectivity index (χ0n) is 15.4.